The van der Waals surface area contributed by atoms with E-state index in [0.717, 1.165) is 11.1 Å². The van der Waals surface area contributed by atoms with Crippen LogP contribution in [0.5, 0.6) is 5.75 Å². The Labute approximate surface area is 168 Å². The zero-order valence-corrected chi connectivity index (χ0v) is 16.3. The van der Waals surface area contributed by atoms with Gasteiger partial charge in [0.05, 0.1) is 0 Å². The molecule has 0 bridgehead atoms. The van der Waals surface area contributed by atoms with Crippen molar-refractivity contribution in [3.05, 3.63) is 60.8 Å². The van der Waals surface area contributed by atoms with Crippen LogP contribution >= 0.6 is 0 Å². The third-order valence-corrected chi connectivity index (χ3v) is 4.00. The standard InChI is InChI=1S/C21H23N5O3/c1-3-22-19(27)14-29-17-11-9-16(10-12-17)23-21(28)24-20-18(13-26(2)25-20)15-7-5-4-6-8-15/h4-13H,3,14H2,1-2H3,(H,22,27)(H2,23,24,25,28). The van der Waals surface area contributed by atoms with E-state index in [4.69, 9.17) is 4.74 Å². The lowest BCUT2D eigenvalue weighted by atomic mass is 10.1. The van der Waals surface area contributed by atoms with Crippen LogP contribution in [-0.2, 0) is 11.8 Å². The van der Waals surface area contributed by atoms with Crippen molar-refractivity contribution in [2.24, 2.45) is 7.05 Å². The average molecular weight is 393 g/mol. The van der Waals surface area contributed by atoms with Gasteiger partial charge in [0.2, 0.25) is 0 Å². The Morgan fingerprint density at radius 3 is 2.45 bits per heavy atom. The van der Waals surface area contributed by atoms with Crippen LogP contribution < -0.4 is 20.7 Å². The van der Waals surface area contributed by atoms with Gasteiger partial charge in [-0.2, -0.15) is 5.10 Å². The molecule has 1 heterocycles. The highest BCUT2D eigenvalue weighted by Crippen LogP contribution is 2.26. The van der Waals surface area contributed by atoms with Gasteiger partial charge in [-0.25, -0.2) is 4.79 Å². The molecule has 0 aliphatic rings. The van der Waals surface area contributed by atoms with Crippen LogP contribution in [0.25, 0.3) is 11.1 Å². The number of nitrogens with zero attached hydrogens (tertiary/aromatic N) is 2. The summed E-state index contributed by atoms with van der Waals surface area (Å²) < 4.78 is 7.04. The summed E-state index contributed by atoms with van der Waals surface area (Å²) >= 11 is 0. The predicted octanol–water partition coefficient (Wildman–Crippen LogP) is 3.25. The molecule has 2 aromatic carbocycles. The maximum atomic E-state index is 12.4. The molecule has 0 aliphatic heterocycles. The fourth-order valence-electron chi connectivity index (χ4n) is 2.71. The Hall–Kier alpha value is -3.81. The third kappa shape index (κ3) is 5.58. The van der Waals surface area contributed by atoms with Gasteiger partial charge in [-0.15, -0.1) is 0 Å². The number of hydrogen-bond acceptors (Lipinski definition) is 4. The number of amides is 3. The molecule has 8 nitrogen and oxygen atoms in total. The van der Waals surface area contributed by atoms with E-state index in [-0.39, 0.29) is 12.5 Å². The number of hydrogen-bond donors (Lipinski definition) is 3. The quantitative estimate of drug-likeness (QED) is 0.574. The van der Waals surface area contributed by atoms with Crippen molar-refractivity contribution in [1.29, 1.82) is 0 Å². The molecule has 0 spiro atoms. The van der Waals surface area contributed by atoms with E-state index in [1.54, 1.807) is 36.0 Å². The van der Waals surface area contributed by atoms with Crippen molar-refractivity contribution in [3.63, 3.8) is 0 Å². The van der Waals surface area contributed by atoms with Crippen molar-refractivity contribution in [2.45, 2.75) is 6.92 Å². The largest absolute Gasteiger partial charge is 0.484 e. The minimum atomic E-state index is -0.406. The average Bonchev–Trinajstić information content (AvgIpc) is 3.08. The molecule has 0 fully saturated rings. The molecule has 0 unspecified atom stereocenters. The first-order valence-corrected chi connectivity index (χ1v) is 9.22. The Morgan fingerprint density at radius 2 is 1.76 bits per heavy atom. The van der Waals surface area contributed by atoms with Crippen molar-refractivity contribution in [2.75, 3.05) is 23.8 Å². The molecule has 0 aliphatic carbocycles. The van der Waals surface area contributed by atoms with Gasteiger partial charge in [0.15, 0.2) is 12.4 Å². The predicted molar refractivity (Wildman–Crippen MR) is 112 cm³/mol. The van der Waals surface area contributed by atoms with Crippen LogP contribution in [0.1, 0.15) is 6.92 Å². The van der Waals surface area contributed by atoms with E-state index in [2.05, 4.69) is 21.0 Å². The molecule has 8 heteroatoms. The van der Waals surface area contributed by atoms with Crippen molar-refractivity contribution in [1.82, 2.24) is 15.1 Å². The van der Waals surface area contributed by atoms with Gasteiger partial charge in [0, 0.05) is 31.0 Å². The van der Waals surface area contributed by atoms with Gasteiger partial charge < -0.3 is 15.4 Å². The van der Waals surface area contributed by atoms with Crippen LogP contribution in [0, 0.1) is 0 Å². The summed E-state index contributed by atoms with van der Waals surface area (Å²) in [6.45, 7) is 2.35. The minimum Gasteiger partial charge on any atom is -0.484 e. The number of likely N-dealkylation sites (N-methyl/N-ethyl adjacent to an activating group) is 1. The number of urea groups is 1. The number of aromatic nitrogens is 2. The summed E-state index contributed by atoms with van der Waals surface area (Å²) in [6, 6.07) is 16.1. The summed E-state index contributed by atoms with van der Waals surface area (Å²) in [5.74, 6) is 0.829. The second kappa shape index (κ2) is 9.41. The molecule has 3 N–H and O–H groups in total. The molecule has 0 saturated carbocycles. The van der Waals surface area contributed by atoms with Gasteiger partial charge in [0.25, 0.3) is 5.91 Å². The fraction of sp³-hybridized carbons (Fsp3) is 0.190. The molecule has 3 amide bonds. The van der Waals surface area contributed by atoms with Gasteiger partial charge in [-0.3, -0.25) is 14.8 Å². The molecular weight excluding hydrogens is 370 g/mol. The van der Waals surface area contributed by atoms with Gasteiger partial charge in [-0.05, 0) is 36.8 Å². The van der Waals surface area contributed by atoms with Crippen LogP contribution in [-0.4, -0.2) is 34.9 Å². The first-order valence-electron chi connectivity index (χ1n) is 9.22. The maximum Gasteiger partial charge on any atom is 0.324 e. The van der Waals surface area contributed by atoms with Gasteiger partial charge >= 0.3 is 6.03 Å². The first-order chi connectivity index (χ1) is 14.0. The van der Waals surface area contributed by atoms with Crippen LogP contribution in [0.3, 0.4) is 0 Å². The lowest BCUT2D eigenvalue weighted by Crippen LogP contribution is -2.28. The molecule has 150 valence electrons. The Bertz CT molecular complexity index is 968. The fourth-order valence-corrected chi connectivity index (χ4v) is 2.71. The molecule has 0 atom stereocenters. The van der Waals surface area contributed by atoms with Crippen molar-refractivity contribution in [3.8, 4) is 16.9 Å². The zero-order valence-electron chi connectivity index (χ0n) is 16.3. The second-order valence-electron chi connectivity index (χ2n) is 6.28. The Kier molecular flexibility index (Phi) is 6.47. The summed E-state index contributed by atoms with van der Waals surface area (Å²) in [7, 11) is 1.80. The van der Waals surface area contributed by atoms with Crippen LogP contribution in [0.2, 0.25) is 0 Å². The summed E-state index contributed by atoms with van der Waals surface area (Å²) in [5, 5.41) is 12.5. The molecular formula is C21H23N5O3. The second-order valence-corrected chi connectivity index (χ2v) is 6.28. The molecule has 0 saturated heterocycles. The third-order valence-electron chi connectivity index (χ3n) is 4.00. The number of benzene rings is 2. The Balaban J connectivity index is 1.60. The number of carbonyl (C=O) groups excluding carboxylic acids is 2. The van der Waals surface area contributed by atoms with Crippen LogP contribution in [0.4, 0.5) is 16.3 Å². The lowest BCUT2D eigenvalue weighted by molar-refractivity contribution is -0.122. The highest BCUT2D eigenvalue weighted by molar-refractivity contribution is 6.01. The van der Waals surface area contributed by atoms with Crippen LogP contribution in [0.15, 0.2) is 60.8 Å². The molecule has 29 heavy (non-hydrogen) atoms. The number of rotatable bonds is 7. The summed E-state index contributed by atoms with van der Waals surface area (Å²) in [6.07, 6.45) is 1.85. The first kappa shape index (κ1) is 19.9. The van der Waals surface area contributed by atoms with E-state index in [0.29, 0.717) is 23.8 Å². The van der Waals surface area contributed by atoms with E-state index >= 15 is 0 Å². The monoisotopic (exact) mass is 393 g/mol. The van der Waals surface area contributed by atoms with Crippen molar-refractivity contribution >= 4 is 23.4 Å². The molecule has 3 rings (SSSR count). The number of carbonyl (C=O) groups is 2. The smallest absolute Gasteiger partial charge is 0.324 e. The number of ether oxygens (including phenoxy) is 1. The topological polar surface area (TPSA) is 97.3 Å². The lowest BCUT2D eigenvalue weighted by Gasteiger charge is -2.09. The maximum absolute atomic E-state index is 12.4. The highest BCUT2D eigenvalue weighted by atomic mass is 16.5. The van der Waals surface area contributed by atoms with Crippen molar-refractivity contribution < 1.29 is 14.3 Å². The SMILES string of the molecule is CCNC(=O)COc1ccc(NC(=O)Nc2nn(C)cc2-c2ccccc2)cc1. The number of anilines is 2. The number of nitrogens with one attached hydrogen (secondary N) is 3. The highest BCUT2D eigenvalue weighted by Gasteiger charge is 2.13. The minimum absolute atomic E-state index is 0.0525. The molecule has 3 aromatic rings. The van der Waals surface area contributed by atoms with E-state index in [1.807, 2.05) is 43.5 Å². The van der Waals surface area contributed by atoms with E-state index in [9.17, 15) is 9.59 Å². The zero-order chi connectivity index (χ0) is 20.6. The summed E-state index contributed by atoms with van der Waals surface area (Å²) in [4.78, 5) is 23.8. The molecule has 0 radical (unpaired) electrons. The van der Waals surface area contributed by atoms with Gasteiger partial charge in [-0.1, -0.05) is 30.3 Å². The molecule has 1 aromatic heterocycles. The van der Waals surface area contributed by atoms with E-state index < -0.39 is 6.03 Å². The normalized spacial score (nSPS) is 10.3. The summed E-state index contributed by atoms with van der Waals surface area (Å²) in [5.41, 5.74) is 2.38. The van der Waals surface area contributed by atoms with Gasteiger partial charge in [0.1, 0.15) is 5.75 Å². The number of aryl methyl sites for hydroxylation is 1. The van der Waals surface area contributed by atoms with E-state index in [1.165, 1.54) is 0 Å². The Morgan fingerprint density at radius 1 is 1.03 bits per heavy atom.